The van der Waals surface area contributed by atoms with Gasteiger partial charge in [0.1, 0.15) is 0 Å². The molecule has 1 heterocycles. The Morgan fingerprint density at radius 1 is 1.33 bits per heavy atom. The summed E-state index contributed by atoms with van der Waals surface area (Å²) in [5, 5.41) is 0. The minimum Gasteiger partial charge on any atom is -0.330 e. The molecule has 2 N–H and O–H groups in total. The summed E-state index contributed by atoms with van der Waals surface area (Å²) in [6.07, 6.45) is 1.14. The third kappa shape index (κ3) is 3.74. The average Bonchev–Trinajstić information content (AvgIpc) is 2.25. The van der Waals surface area contributed by atoms with Gasteiger partial charge in [0, 0.05) is 25.7 Å². The van der Waals surface area contributed by atoms with E-state index in [9.17, 15) is 0 Å². The second kappa shape index (κ2) is 6.46. The van der Waals surface area contributed by atoms with Gasteiger partial charge in [-0.1, -0.05) is 20.8 Å². The smallest absolute Gasteiger partial charge is 0.0246 e. The zero-order valence-corrected chi connectivity index (χ0v) is 10.6. The molecule has 0 saturated carbocycles. The lowest BCUT2D eigenvalue weighted by Gasteiger charge is -2.43. The number of hydrogen-bond donors (Lipinski definition) is 1. The second-order valence-electron chi connectivity index (χ2n) is 4.88. The van der Waals surface area contributed by atoms with Gasteiger partial charge in [-0.05, 0) is 32.0 Å². The van der Waals surface area contributed by atoms with E-state index in [-0.39, 0.29) is 0 Å². The number of nitrogens with zero attached hydrogens (tertiary/aromatic N) is 2. The molecule has 0 aromatic rings. The molecule has 0 aromatic carbocycles. The number of piperazine rings is 1. The maximum atomic E-state index is 5.56. The van der Waals surface area contributed by atoms with Crippen molar-refractivity contribution in [3.63, 3.8) is 0 Å². The molecule has 0 aromatic heterocycles. The van der Waals surface area contributed by atoms with Crippen molar-refractivity contribution in [1.82, 2.24) is 9.80 Å². The first-order valence-corrected chi connectivity index (χ1v) is 6.35. The van der Waals surface area contributed by atoms with Crippen LogP contribution in [-0.4, -0.2) is 55.1 Å². The van der Waals surface area contributed by atoms with Gasteiger partial charge >= 0.3 is 0 Å². The molecular formula is C12H27N3. The molecule has 1 aliphatic heterocycles. The fourth-order valence-corrected chi connectivity index (χ4v) is 2.45. The molecule has 0 spiro atoms. The molecule has 0 bridgehead atoms. The predicted molar refractivity (Wildman–Crippen MR) is 66.0 cm³/mol. The van der Waals surface area contributed by atoms with Crippen molar-refractivity contribution >= 4 is 0 Å². The zero-order valence-electron chi connectivity index (χ0n) is 10.6. The lowest BCUT2D eigenvalue weighted by molar-refractivity contribution is 0.0538. The SMILES string of the molecule is CCN1CCN(CCCN)CC1C(C)C. The number of likely N-dealkylation sites (N-methyl/N-ethyl adjacent to an activating group) is 1. The van der Waals surface area contributed by atoms with Crippen molar-refractivity contribution in [2.45, 2.75) is 33.2 Å². The Morgan fingerprint density at radius 3 is 2.60 bits per heavy atom. The highest BCUT2D eigenvalue weighted by Crippen LogP contribution is 2.16. The van der Waals surface area contributed by atoms with Gasteiger partial charge in [-0.25, -0.2) is 0 Å². The first kappa shape index (κ1) is 12.9. The van der Waals surface area contributed by atoms with Crippen molar-refractivity contribution in [2.75, 3.05) is 39.3 Å². The van der Waals surface area contributed by atoms with E-state index in [1.165, 1.54) is 32.7 Å². The minimum absolute atomic E-state index is 0.738. The van der Waals surface area contributed by atoms with Crippen molar-refractivity contribution in [1.29, 1.82) is 0 Å². The molecule has 0 radical (unpaired) electrons. The van der Waals surface area contributed by atoms with Crippen LogP contribution in [0.5, 0.6) is 0 Å². The highest BCUT2D eigenvalue weighted by Gasteiger charge is 2.27. The highest BCUT2D eigenvalue weighted by atomic mass is 15.3. The standard InChI is InChI=1S/C12H27N3/c1-4-15-9-8-14(7-5-6-13)10-12(15)11(2)3/h11-12H,4-10,13H2,1-3H3. The summed E-state index contributed by atoms with van der Waals surface area (Å²) in [6, 6.07) is 0.738. The summed E-state index contributed by atoms with van der Waals surface area (Å²) in [4.78, 5) is 5.19. The van der Waals surface area contributed by atoms with E-state index in [0.29, 0.717) is 0 Å². The fourth-order valence-electron chi connectivity index (χ4n) is 2.45. The van der Waals surface area contributed by atoms with Gasteiger partial charge in [0.15, 0.2) is 0 Å². The van der Waals surface area contributed by atoms with Crippen molar-refractivity contribution in [2.24, 2.45) is 11.7 Å². The summed E-state index contributed by atoms with van der Waals surface area (Å²) in [5.74, 6) is 0.755. The van der Waals surface area contributed by atoms with Gasteiger partial charge in [0.05, 0.1) is 0 Å². The van der Waals surface area contributed by atoms with Crippen molar-refractivity contribution in [3.05, 3.63) is 0 Å². The summed E-state index contributed by atoms with van der Waals surface area (Å²) in [6.45, 7) is 13.8. The van der Waals surface area contributed by atoms with Crippen LogP contribution >= 0.6 is 0 Å². The molecule has 1 fully saturated rings. The summed E-state index contributed by atoms with van der Waals surface area (Å²) >= 11 is 0. The van der Waals surface area contributed by atoms with E-state index in [4.69, 9.17) is 5.73 Å². The Bertz CT molecular complexity index is 170. The molecule has 0 amide bonds. The van der Waals surface area contributed by atoms with E-state index in [2.05, 4.69) is 30.6 Å². The van der Waals surface area contributed by atoms with E-state index in [0.717, 1.165) is 24.9 Å². The molecule has 0 aliphatic carbocycles. The van der Waals surface area contributed by atoms with Crippen LogP contribution in [0.2, 0.25) is 0 Å². The summed E-state index contributed by atoms with van der Waals surface area (Å²) in [5.41, 5.74) is 5.56. The second-order valence-corrected chi connectivity index (χ2v) is 4.88. The van der Waals surface area contributed by atoms with Crippen LogP contribution in [0, 0.1) is 5.92 Å². The molecule has 3 heteroatoms. The van der Waals surface area contributed by atoms with Crippen LogP contribution in [-0.2, 0) is 0 Å². The Hall–Kier alpha value is -0.120. The third-order valence-electron chi connectivity index (χ3n) is 3.47. The van der Waals surface area contributed by atoms with Crippen molar-refractivity contribution in [3.8, 4) is 0 Å². The maximum absolute atomic E-state index is 5.56. The Morgan fingerprint density at radius 2 is 2.07 bits per heavy atom. The van der Waals surface area contributed by atoms with Crippen LogP contribution < -0.4 is 5.73 Å². The fraction of sp³-hybridized carbons (Fsp3) is 1.00. The molecule has 1 saturated heterocycles. The first-order chi connectivity index (χ1) is 7.19. The van der Waals surface area contributed by atoms with Crippen LogP contribution in [0.1, 0.15) is 27.2 Å². The van der Waals surface area contributed by atoms with Crippen LogP contribution in [0.15, 0.2) is 0 Å². The van der Waals surface area contributed by atoms with Gasteiger partial charge < -0.3 is 10.6 Å². The molecule has 90 valence electrons. The van der Waals surface area contributed by atoms with Crippen LogP contribution in [0.3, 0.4) is 0 Å². The Kier molecular flexibility index (Phi) is 5.58. The summed E-state index contributed by atoms with van der Waals surface area (Å²) < 4.78 is 0. The average molecular weight is 213 g/mol. The molecule has 3 nitrogen and oxygen atoms in total. The van der Waals surface area contributed by atoms with Gasteiger partial charge in [-0.3, -0.25) is 4.90 Å². The molecule has 15 heavy (non-hydrogen) atoms. The Labute approximate surface area is 94.6 Å². The lowest BCUT2D eigenvalue weighted by atomic mass is 9.99. The highest BCUT2D eigenvalue weighted by molar-refractivity contribution is 4.83. The number of rotatable bonds is 5. The van der Waals surface area contributed by atoms with Gasteiger partial charge in [-0.2, -0.15) is 0 Å². The normalized spacial score (nSPS) is 25.0. The van der Waals surface area contributed by atoms with Crippen molar-refractivity contribution < 1.29 is 0 Å². The summed E-state index contributed by atoms with van der Waals surface area (Å²) in [7, 11) is 0. The number of hydrogen-bond acceptors (Lipinski definition) is 3. The maximum Gasteiger partial charge on any atom is 0.0246 e. The van der Waals surface area contributed by atoms with Gasteiger partial charge in [0.2, 0.25) is 0 Å². The zero-order chi connectivity index (χ0) is 11.3. The van der Waals surface area contributed by atoms with E-state index < -0.39 is 0 Å². The topological polar surface area (TPSA) is 32.5 Å². The molecule has 1 aliphatic rings. The van der Waals surface area contributed by atoms with Gasteiger partial charge in [0.25, 0.3) is 0 Å². The monoisotopic (exact) mass is 213 g/mol. The van der Waals surface area contributed by atoms with Crippen LogP contribution in [0.25, 0.3) is 0 Å². The quantitative estimate of drug-likeness (QED) is 0.739. The molecular weight excluding hydrogens is 186 g/mol. The Balaban J connectivity index is 2.43. The molecule has 1 rings (SSSR count). The van der Waals surface area contributed by atoms with E-state index >= 15 is 0 Å². The first-order valence-electron chi connectivity index (χ1n) is 6.35. The van der Waals surface area contributed by atoms with E-state index in [1.807, 2.05) is 0 Å². The minimum atomic E-state index is 0.738. The van der Waals surface area contributed by atoms with E-state index in [1.54, 1.807) is 0 Å². The third-order valence-corrected chi connectivity index (χ3v) is 3.47. The van der Waals surface area contributed by atoms with Gasteiger partial charge in [-0.15, -0.1) is 0 Å². The lowest BCUT2D eigenvalue weighted by Crippen LogP contribution is -2.55. The number of nitrogens with two attached hydrogens (primary N) is 1. The van der Waals surface area contributed by atoms with Crippen LogP contribution in [0.4, 0.5) is 0 Å². The molecule has 1 unspecified atom stereocenters. The largest absolute Gasteiger partial charge is 0.330 e. The molecule has 1 atom stereocenters. The predicted octanol–water partition coefficient (Wildman–Crippen LogP) is 0.997.